The second kappa shape index (κ2) is 6.48. The minimum absolute atomic E-state index is 0.530. The maximum Gasteiger partial charge on any atom is 0.107 e. The highest BCUT2D eigenvalue weighted by atomic mass is 35.5. The highest BCUT2D eigenvalue weighted by molar-refractivity contribution is 7.09. The highest BCUT2D eigenvalue weighted by Crippen LogP contribution is 2.23. The van der Waals surface area contributed by atoms with Crippen LogP contribution in [0.25, 0.3) is 0 Å². The van der Waals surface area contributed by atoms with E-state index in [-0.39, 0.29) is 0 Å². The normalized spacial score (nSPS) is 12.9. The van der Waals surface area contributed by atoms with Crippen molar-refractivity contribution in [1.82, 2.24) is 9.88 Å². The summed E-state index contributed by atoms with van der Waals surface area (Å²) < 4.78 is 0. The summed E-state index contributed by atoms with van der Waals surface area (Å²) in [5, 5.41) is 13.9. The van der Waals surface area contributed by atoms with Crippen molar-refractivity contribution in [3.8, 4) is 0 Å². The van der Waals surface area contributed by atoms with Gasteiger partial charge in [0.25, 0.3) is 0 Å². The van der Waals surface area contributed by atoms with Crippen LogP contribution in [0.15, 0.2) is 29.6 Å². The van der Waals surface area contributed by atoms with Gasteiger partial charge in [0, 0.05) is 28.2 Å². The maximum absolute atomic E-state index is 10.2. The Labute approximate surface area is 122 Å². The SMILES string of the molecule is Cc1csc(CN(C)CC(O)c2ccccc2Cl)n1. The van der Waals surface area contributed by atoms with Gasteiger partial charge in [-0.25, -0.2) is 4.98 Å². The van der Waals surface area contributed by atoms with Crippen molar-refractivity contribution in [2.24, 2.45) is 0 Å². The van der Waals surface area contributed by atoms with Crippen LogP contribution in [0, 0.1) is 6.92 Å². The van der Waals surface area contributed by atoms with E-state index in [0.29, 0.717) is 11.6 Å². The second-order valence-electron chi connectivity index (χ2n) is 4.62. The molecule has 1 aromatic carbocycles. The van der Waals surface area contributed by atoms with Gasteiger partial charge in [0.15, 0.2) is 0 Å². The van der Waals surface area contributed by atoms with Gasteiger partial charge in [0.2, 0.25) is 0 Å². The number of halogens is 1. The zero-order chi connectivity index (χ0) is 13.8. The summed E-state index contributed by atoms with van der Waals surface area (Å²) in [4.78, 5) is 6.47. The third-order valence-corrected chi connectivity index (χ3v) is 4.12. The average Bonchev–Trinajstić information content (AvgIpc) is 2.74. The van der Waals surface area contributed by atoms with Crippen LogP contribution in [-0.4, -0.2) is 28.6 Å². The van der Waals surface area contributed by atoms with E-state index in [9.17, 15) is 5.11 Å². The first-order valence-electron chi connectivity index (χ1n) is 6.08. The Bertz CT molecular complexity index is 544. The predicted octanol–water partition coefficient (Wildman–Crippen LogP) is 3.27. The molecule has 19 heavy (non-hydrogen) atoms. The number of aliphatic hydroxyl groups excluding tert-OH is 1. The standard InChI is InChI=1S/C14H17ClN2OS/c1-10-9-19-14(16-10)8-17(2)7-13(18)11-5-3-4-6-12(11)15/h3-6,9,13,18H,7-8H2,1-2H3. The van der Waals surface area contributed by atoms with Gasteiger partial charge in [0.1, 0.15) is 5.01 Å². The molecule has 0 saturated heterocycles. The van der Waals surface area contributed by atoms with Crippen LogP contribution in [0.5, 0.6) is 0 Å². The van der Waals surface area contributed by atoms with Crippen molar-refractivity contribution in [3.05, 3.63) is 50.9 Å². The van der Waals surface area contributed by atoms with Crippen molar-refractivity contribution in [3.63, 3.8) is 0 Å². The summed E-state index contributed by atoms with van der Waals surface area (Å²) in [6, 6.07) is 7.40. The van der Waals surface area contributed by atoms with E-state index in [2.05, 4.69) is 4.98 Å². The topological polar surface area (TPSA) is 36.4 Å². The van der Waals surface area contributed by atoms with E-state index in [1.807, 2.05) is 42.5 Å². The molecule has 2 aromatic rings. The molecule has 1 aromatic heterocycles. The van der Waals surface area contributed by atoms with Gasteiger partial charge in [0.05, 0.1) is 12.6 Å². The summed E-state index contributed by atoms with van der Waals surface area (Å²) in [5.74, 6) is 0. The van der Waals surface area contributed by atoms with Gasteiger partial charge < -0.3 is 5.11 Å². The van der Waals surface area contributed by atoms with Crippen LogP contribution in [-0.2, 0) is 6.54 Å². The molecular weight excluding hydrogens is 280 g/mol. The number of rotatable bonds is 5. The first-order chi connectivity index (χ1) is 9.06. The van der Waals surface area contributed by atoms with Crippen LogP contribution >= 0.6 is 22.9 Å². The van der Waals surface area contributed by atoms with E-state index >= 15 is 0 Å². The number of likely N-dealkylation sites (N-methyl/N-ethyl adjacent to an activating group) is 1. The fourth-order valence-corrected chi connectivity index (χ4v) is 3.02. The maximum atomic E-state index is 10.2. The fraction of sp³-hybridized carbons (Fsp3) is 0.357. The van der Waals surface area contributed by atoms with Gasteiger partial charge in [-0.3, -0.25) is 4.90 Å². The summed E-state index contributed by atoms with van der Waals surface area (Å²) in [6.45, 7) is 3.25. The minimum atomic E-state index is -0.584. The number of benzene rings is 1. The molecule has 0 spiro atoms. The number of hydrogen-bond donors (Lipinski definition) is 1. The van der Waals surface area contributed by atoms with E-state index < -0.39 is 6.10 Å². The van der Waals surface area contributed by atoms with E-state index in [1.54, 1.807) is 17.4 Å². The zero-order valence-electron chi connectivity index (χ0n) is 11.0. The number of hydrogen-bond acceptors (Lipinski definition) is 4. The molecule has 102 valence electrons. The molecule has 0 aliphatic carbocycles. The molecule has 5 heteroatoms. The van der Waals surface area contributed by atoms with Gasteiger partial charge in [-0.2, -0.15) is 0 Å². The molecule has 1 atom stereocenters. The third-order valence-electron chi connectivity index (χ3n) is 2.82. The van der Waals surface area contributed by atoms with Crippen LogP contribution in [0.4, 0.5) is 0 Å². The largest absolute Gasteiger partial charge is 0.387 e. The van der Waals surface area contributed by atoms with E-state index in [4.69, 9.17) is 11.6 Å². The number of aromatic nitrogens is 1. The molecule has 3 nitrogen and oxygen atoms in total. The van der Waals surface area contributed by atoms with Crippen LogP contribution in [0.2, 0.25) is 5.02 Å². The molecule has 0 bridgehead atoms. The molecule has 1 N–H and O–H groups in total. The molecule has 1 unspecified atom stereocenters. The van der Waals surface area contributed by atoms with Gasteiger partial charge >= 0.3 is 0 Å². The zero-order valence-corrected chi connectivity index (χ0v) is 12.6. The van der Waals surface area contributed by atoms with Crippen molar-refractivity contribution >= 4 is 22.9 Å². The van der Waals surface area contributed by atoms with Crippen LogP contribution in [0.3, 0.4) is 0 Å². The molecule has 0 amide bonds. The summed E-state index contributed by atoms with van der Waals surface area (Å²) in [5.41, 5.74) is 1.81. The quantitative estimate of drug-likeness (QED) is 0.920. The number of aliphatic hydroxyl groups is 1. The molecule has 2 rings (SSSR count). The van der Waals surface area contributed by atoms with E-state index in [0.717, 1.165) is 22.8 Å². The van der Waals surface area contributed by atoms with Crippen LogP contribution < -0.4 is 0 Å². The van der Waals surface area contributed by atoms with Crippen molar-refractivity contribution in [2.45, 2.75) is 19.6 Å². The molecule has 0 aliphatic rings. The second-order valence-corrected chi connectivity index (χ2v) is 5.97. The Hall–Kier alpha value is -0.940. The first kappa shape index (κ1) is 14.5. The van der Waals surface area contributed by atoms with Crippen molar-refractivity contribution in [2.75, 3.05) is 13.6 Å². The summed E-state index contributed by atoms with van der Waals surface area (Å²) in [7, 11) is 1.97. The number of thiazole rings is 1. The Balaban J connectivity index is 1.95. The molecule has 0 saturated carbocycles. The Morgan fingerprint density at radius 3 is 2.79 bits per heavy atom. The van der Waals surface area contributed by atoms with Crippen molar-refractivity contribution < 1.29 is 5.11 Å². The smallest absolute Gasteiger partial charge is 0.107 e. The molecule has 0 radical (unpaired) electrons. The third kappa shape index (κ3) is 4.01. The lowest BCUT2D eigenvalue weighted by atomic mass is 10.1. The minimum Gasteiger partial charge on any atom is -0.387 e. The van der Waals surface area contributed by atoms with Gasteiger partial charge in [-0.05, 0) is 20.0 Å². The molecule has 0 fully saturated rings. The number of aryl methyl sites for hydroxylation is 1. The van der Waals surface area contributed by atoms with Crippen LogP contribution in [0.1, 0.15) is 22.4 Å². The first-order valence-corrected chi connectivity index (χ1v) is 7.34. The Morgan fingerprint density at radius 2 is 2.16 bits per heavy atom. The Morgan fingerprint density at radius 1 is 1.42 bits per heavy atom. The van der Waals surface area contributed by atoms with Gasteiger partial charge in [-0.1, -0.05) is 29.8 Å². The fourth-order valence-electron chi connectivity index (χ4n) is 1.91. The molecule has 0 aliphatic heterocycles. The lowest BCUT2D eigenvalue weighted by Gasteiger charge is -2.20. The average molecular weight is 297 g/mol. The number of nitrogens with zero attached hydrogens (tertiary/aromatic N) is 2. The Kier molecular flexibility index (Phi) is 4.93. The monoisotopic (exact) mass is 296 g/mol. The molecule has 1 heterocycles. The molecular formula is C14H17ClN2OS. The summed E-state index contributed by atoms with van der Waals surface area (Å²) >= 11 is 7.72. The highest BCUT2D eigenvalue weighted by Gasteiger charge is 2.14. The predicted molar refractivity (Wildman–Crippen MR) is 79.6 cm³/mol. The summed E-state index contributed by atoms with van der Waals surface area (Å²) in [6.07, 6.45) is -0.584. The van der Waals surface area contributed by atoms with E-state index in [1.165, 1.54) is 0 Å². The lowest BCUT2D eigenvalue weighted by Crippen LogP contribution is -2.24. The lowest BCUT2D eigenvalue weighted by molar-refractivity contribution is 0.124. The van der Waals surface area contributed by atoms with Gasteiger partial charge in [-0.15, -0.1) is 11.3 Å². The van der Waals surface area contributed by atoms with Crippen molar-refractivity contribution in [1.29, 1.82) is 0 Å².